The maximum Gasteiger partial charge on any atom is 0.322 e. The number of aliphatic carboxylic acids is 1. The van der Waals surface area contributed by atoms with Gasteiger partial charge in [-0.05, 0) is 62.3 Å². The molecule has 59 heavy (non-hydrogen) atoms. The lowest BCUT2D eigenvalue weighted by Gasteiger charge is -2.34. The number of hydrogen-bond donors (Lipinski definition) is 4. The molecular weight excluding hydrogens is 774 g/mol. The molecule has 1 saturated heterocycles. The molecule has 340 valence electrons. The van der Waals surface area contributed by atoms with Gasteiger partial charge in [0.2, 0.25) is 17.7 Å². The largest absolute Gasteiger partial charge is 0.480 e. The van der Waals surface area contributed by atoms with Gasteiger partial charge in [0.1, 0.15) is 23.3 Å². The molecule has 20 nitrogen and oxygen atoms in total. The van der Waals surface area contributed by atoms with Crippen LogP contribution in [0.3, 0.4) is 0 Å². The minimum absolute atomic E-state index is 0.00579. The first-order chi connectivity index (χ1) is 27.4. The Morgan fingerprint density at radius 2 is 0.814 bits per heavy atom. The molecule has 0 unspecified atom stereocenters. The van der Waals surface area contributed by atoms with Gasteiger partial charge in [-0.2, -0.15) is 0 Å². The molecule has 3 amide bonds. The van der Waals surface area contributed by atoms with Crippen LogP contribution in [-0.4, -0.2) is 208 Å². The minimum Gasteiger partial charge on any atom is -0.480 e. The van der Waals surface area contributed by atoms with Crippen molar-refractivity contribution in [1.29, 1.82) is 0 Å². The predicted octanol–water partition coefficient (Wildman–Crippen LogP) is -0.910. The van der Waals surface area contributed by atoms with Crippen molar-refractivity contribution < 1.29 is 62.4 Å². The maximum absolute atomic E-state index is 13.1. The third-order valence-electron chi connectivity index (χ3n) is 7.91. The van der Waals surface area contributed by atoms with Gasteiger partial charge in [-0.3, -0.25) is 53.2 Å². The number of esters is 3. The zero-order valence-electron chi connectivity index (χ0n) is 36.8. The Morgan fingerprint density at radius 3 is 1.19 bits per heavy atom. The number of carbonyl (C=O) groups is 7. The van der Waals surface area contributed by atoms with Crippen LogP contribution in [0.2, 0.25) is 0 Å². The van der Waals surface area contributed by atoms with Gasteiger partial charge in [-0.1, -0.05) is 0 Å². The minimum atomic E-state index is -1.13. The lowest BCUT2D eigenvalue weighted by molar-refractivity contribution is -0.158. The SMILES string of the molecule is CC(C)(C)OC(=O)CN1CCN(CC(=O)NCC(=O)NCCOCCOCCC(=O)NCC(=O)O)CCN(CC(=O)OC(C)(C)C)CCN(CC(=O)OC(C)(C)C)CC1. The van der Waals surface area contributed by atoms with Gasteiger partial charge in [-0.15, -0.1) is 0 Å². The normalized spacial score (nSPS) is 15.9. The van der Waals surface area contributed by atoms with Gasteiger partial charge < -0.3 is 44.7 Å². The van der Waals surface area contributed by atoms with Gasteiger partial charge in [0.05, 0.1) is 59.2 Å². The lowest BCUT2D eigenvalue weighted by Crippen LogP contribution is -2.51. The molecule has 4 N–H and O–H groups in total. The van der Waals surface area contributed by atoms with E-state index in [4.69, 9.17) is 28.8 Å². The Kier molecular flexibility index (Phi) is 24.3. The summed E-state index contributed by atoms with van der Waals surface area (Å²) in [6.45, 7) is 19.4. The van der Waals surface area contributed by atoms with Crippen LogP contribution in [0, 0.1) is 0 Å². The van der Waals surface area contributed by atoms with Gasteiger partial charge in [0.15, 0.2) is 0 Å². The summed E-state index contributed by atoms with van der Waals surface area (Å²) < 4.78 is 27.5. The first kappa shape index (κ1) is 53.1. The lowest BCUT2D eigenvalue weighted by atomic mass is 10.2. The molecule has 1 fully saturated rings. The van der Waals surface area contributed by atoms with Crippen molar-refractivity contribution in [2.24, 2.45) is 0 Å². The van der Waals surface area contributed by atoms with Crippen LogP contribution in [0.5, 0.6) is 0 Å². The molecule has 1 heterocycles. The van der Waals surface area contributed by atoms with Gasteiger partial charge in [-0.25, -0.2) is 0 Å². The summed E-state index contributed by atoms with van der Waals surface area (Å²) in [6.07, 6.45) is 0.0173. The van der Waals surface area contributed by atoms with E-state index in [-0.39, 0.29) is 78.1 Å². The Hall–Kier alpha value is -3.95. The Bertz CT molecular complexity index is 1300. The quantitative estimate of drug-likeness (QED) is 0.0622. The van der Waals surface area contributed by atoms with E-state index < -0.39 is 59.0 Å². The van der Waals surface area contributed by atoms with Gasteiger partial charge in [0, 0.05) is 65.3 Å². The zero-order chi connectivity index (χ0) is 44.6. The van der Waals surface area contributed by atoms with Crippen LogP contribution in [0.4, 0.5) is 0 Å². The molecule has 0 radical (unpaired) electrons. The number of hydrogen-bond acceptors (Lipinski definition) is 16. The summed E-state index contributed by atoms with van der Waals surface area (Å²) in [4.78, 5) is 94.0. The Labute approximate surface area is 349 Å². The molecule has 1 aliphatic rings. The van der Waals surface area contributed by atoms with Crippen LogP contribution in [-0.2, 0) is 57.2 Å². The average molecular weight is 846 g/mol. The third kappa shape index (κ3) is 30.7. The smallest absolute Gasteiger partial charge is 0.322 e. The maximum atomic E-state index is 13.1. The van der Waals surface area contributed by atoms with E-state index in [2.05, 4.69) is 16.0 Å². The highest BCUT2D eigenvalue weighted by atomic mass is 16.6. The van der Waals surface area contributed by atoms with E-state index >= 15 is 0 Å². The zero-order valence-corrected chi connectivity index (χ0v) is 36.8. The van der Waals surface area contributed by atoms with Gasteiger partial charge in [0.25, 0.3) is 0 Å². The molecule has 0 saturated carbocycles. The highest BCUT2D eigenvalue weighted by Crippen LogP contribution is 2.11. The topological polar surface area (TPSA) is 235 Å². The standard InChI is InChI=1S/C39H71N7O13/c1-37(2,3)57-34(52)27-44-14-12-43(26-32(49)41-24-31(48)40-11-21-56-23-22-55-20-10-30(47)42-25-33(50)51)13-15-45(28-35(53)58-38(4,5)6)17-19-46(18-16-44)29-36(54)59-39(7,8)9/h10-29H2,1-9H3,(H,40,48)(H,41,49)(H,42,47)(H,50,51). The number of nitrogens with zero attached hydrogens (tertiary/aromatic N) is 4. The molecule has 0 spiro atoms. The van der Waals surface area contributed by atoms with Crippen molar-refractivity contribution in [2.75, 3.05) is 125 Å². The fourth-order valence-corrected chi connectivity index (χ4v) is 5.39. The Balaban J connectivity index is 2.86. The van der Waals surface area contributed by atoms with E-state index in [1.54, 1.807) is 62.3 Å². The highest BCUT2D eigenvalue weighted by molar-refractivity contribution is 5.85. The van der Waals surface area contributed by atoms with Crippen molar-refractivity contribution in [3.63, 3.8) is 0 Å². The summed E-state index contributed by atoms with van der Waals surface area (Å²) in [5, 5.41) is 16.1. The molecule has 0 aliphatic carbocycles. The number of carboxylic acid groups (broad SMARTS) is 1. The van der Waals surface area contributed by atoms with E-state index in [1.807, 2.05) is 19.6 Å². The number of ether oxygens (including phenoxy) is 5. The molecule has 1 rings (SSSR count). The van der Waals surface area contributed by atoms with E-state index in [0.717, 1.165) is 0 Å². The second kappa shape index (κ2) is 27.0. The highest BCUT2D eigenvalue weighted by Gasteiger charge is 2.26. The molecule has 0 aromatic carbocycles. The fraction of sp³-hybridized carbons (Fsp3) is 0.821. The summed E-state index contributed by atoms with van der Waals surface area (Å²) in [6, 6.07) is 0. The number of rotatable bonds is 21. The molecular formula is C39H71N7O13. The Morgan fingerprint density at radius 1 is 0.458 bits per heavy atom. The van der Waals surface area contributed by atoms with Crippen LogP contribution in [0.1, 0.15) is 68.7 Å². The van der Waals surface area contributed by atoms with Crippen LogP contribution < -0.4 is 16.0 Å². The van der Waals surface area contributed by atoms with E-state index in [1.165, 1.54) is 0 Å². The number of carboxylic acids is 1. The second-order valence-corrected chi connectivity index (χ2v) is 17.1. The van der Waals surface area contributed by atoms with Crippen molar-refractivity contribution in [1.82, 2.24) is 35.6 Å². The third-order valence-corrected chi connectivity index (χ3v) is 7.91. The number of amides is 3. The second-order valence-electron chi connectivity index (χ2n) is 17.1. The summed E-state index contributed by atoms with van der Waals surface area (Å²) in [7, 11) is 0. The monoisotopic (exact) mass is 846 g/mol. The van der Waals surface area contributed by atoms with Gasteiger partial charge >= 0.3 is 23.9 Å². The molecule has 20 heteroatoms. The van der Waals surface area contributed by atoms with Crippen LogP contribution in [0.15, 0.2) is 0 Å². The molecule has 0 aromatic rings. The summed E-state index contributed by atoms with van der Waals surface area (Å²) >= 11 is 0. The molecule has 0 atom stereocenters. The molecule has 0 aromatic heterocycles. The first-order valence-corrected chi connectivity index (χ1v) is 20.1. The summed E-state index contributed by atoms with van der Waals surface area (Å²) in [5.74, 6) is -3.57. The number of nitrogens with one attached hydrogen (secondary N) is 3. The summed E-state index contributed by atoms with van der Waals surface area (Å²) in [5.41, 5.74) is -2.03. The first-order valence-electron chi connectivity index (χ1n) is 20.1. The fourth-order valence-electron chi connectivity index (χ4n) is 5.39. The average Bonchev–Trinajstić information content (AvgIpc) is 3.07. The van der Waals surface area contributed by atoms with Crippen molar-refractivity contribution in [3.05, 3.63) is 0 Å². The predicted molar refractivity (Wildman–Crippen MR) is 216 cm³/mol. The van der Waals surface area contributed by atoms with E-state index in [0.29, 0.717) is 52.4 Å². The van der Waals surface area contributed by atoms with Crippen molar-refractivity contribution in [3.8, 4) is 0 Å². The van der Waals surface area contributed by atoms with Crippen LogP contribution in [0.25, 0.3) is 0 Å². The van der Waals surface area contributed by atoms with Crippen molar-refractivity contribution in [2.45, 2.75) is 85.5 Å². The van der Waals surface area contributed by atoms with E-state index in [9.17, 15) is 33.6 Å². The number of carbonyl (C=O) groups excluding carboxylic acids is 6. The molecule has 1 aliphatic heterocycles. The van der Waals surface area contributed by atoms with Crippen molar-refractivity contribution >= 4 is 41.6 Å². The van der Waals surface area contributed by atoms with Crippen LogP contribution >= 0.6 is 0 Å². The molecule has 0 bridgehead atoms.